The minimum atomic E-state index is -0.256. The van der Waals surface area contributed by atoms with Gasteiger partial charge in [0, 0.05) is 0 Å². The molecule has 1 heteroatoms. The number of benzene rings is 1. The average molecular weight is 232 g/mol. The highest BCUT2D eigenvalue weighted by molar-refractivity contribution is 5.40. The summed E-state index contributed by atoms with van der Waals surface area (Å²) in [4.78, 5) is 0. The van der Waals surface area contributed by atoms with Gasteiger partial charge in [-0.05, 0) is 47.3 Å². The fraction of sp³-hybridized carbons (Fsp3) is 0.625. The van der Waals surface area contributed by atoms with E-state index in [0.29, 0.717) is 5.92 Å². The summed E-state index contributed by atoms with van der Waals surface area (Å²) in [6, 6.07) is 6.71. The maximum absolute atomic E-state index is 10.1. The van der Waals surface area contributed by atoms with E-state index in [9.17, 15) is 5.11 Å². The lowest BCUT2D eigenvalue weighted by Crippen LogP contribution is -2.19. The quantitative estimate of drug-likeness (QED) is 0.805. The third kappa shape index (κ3) is 2.26. The minimum Gasteiger partial charge on any atom is -0.388 e. The summed E-state index contributed by atoms with van der Waals surface area (Å²) in [5, 5.41) is 10.1. The van der Waals surface area contributed by atoms with Gasteiger partial charge < -0.3 is 5.11 Å². The normalized spacial score (nSPS) is 24.5. The standard InChI is InChI=1S/C16H24O/c1-5-16(3,4)12-7-8-13-11(2)6-9-15(17)14(13)10-12/h7-8,10-11,15,17H,5-6,9H2,1-4H3/t11?,15-/m1/s1. The zero-order valence-electron chi connectivity index (χ0n) is 11.5. The molecule has 0 amide bonds. The van der Waals surface area contributed by atoms with E-state index < -0.39 is 0 Å². The van der Waals surface area contributed by atoms with Crippen molar-refractivity contribution in [1.29, 1.82) is 0 Å². The van der Waals surface area contributed by atoms with Crippen molar-refractivity contribution in [2.45, 2.75) is 64.4 Å². The van der Waals surface area contributed by atoms with Crippen LogP contribution in [0.5, 0.6) is 0 Å². The van der Waals surface area contributed by atoms with E-state index in [-0.39, 0.29) is 11.5 Å². The number of fused-ring (bicyclic) bond motifs is 1. The van der Waals surface area contributed by atoms with Crippen molar-refractivity contribution in [2.24, 2.45) is 0 Å². The first-order valence-corrected chi connectivity index (χ1v) is 6.78. The summed E-state index contributed by atoms with van der Waals surface area (Å²) in [7, 11) is 0. The van der Waals surface area contributed by atoms with Crippen molar-refractivity contribution in [3.8, 4) is 0 Å². The van der Waals surface area contributed by atoms with Gasteiger partial charge in [0.05, 0.1) is 6.10 Å². The van der Waals surface area contributed by atoms with Crippen LogP contribution in [0.1, 0.15) is 75.7 Å². The molecule has 17 heavy (non-hydrogen) atoms. The lowest BCUT2D eigenvalue weighted by atomic mass is 9.76. The lowest BCUT2D eigenvalue weighted by molar-refractivity contribution is 0.151. The maximum atomic E-state index is 10.1. The molecule has 0 fully saturated rings. The SMILES string of the molecule is CCC(C)(C)c1ccc2c(c1)[C@H](O)CCC2C. The van der Waals surface area contributed by atoms with Crippen molar-refractivity contribution in [3.63, 3.8) is 0 Å². The number of rotatable bonds is 2. The highest BCUT2D eigenvalue weighted by Gasteiger charge is 2.26. The van der Waals surface area contributed by atoms with Crippen LogP contribution in [-0.2, 0) is 5.41 Å². The van der Waals surface area contributed by atoms with Crippen LogP contribution >= 0.6 is 0 Å². The van der Waals surface area contributed by atoms with Gasteiger partial charge in [0.1, 0.15) is 0 Å². The second kappa shape index (κ2) is 4.45. The second-order valence-corrected chi connectivity index (χ2v) is 6.08. The highest BCUT2D eigenvalue weighted by atomic mass is 16.3. The first-order chi connectivity index (χ1) is 7.95. The molecule has 94 valence electrons. The van der Waals surface area contributed by atoms with E-state index in [1.54, 1.807) is 0 Å². The second-order valence-electron chi connectivity index (χ2n) is 6.08. The number of aliphatic hydroxyl groups excluding tert-OH is 1. The Morgan fingerprint density at radius 1 is 1.24 bits per heavy atom. The maximum Gasteiger partial charge on any atom is 0.0793 e. The highest BCUT2D eigenvalue weighted by Crippen LogP contribution is 2.39. The summed E-state index contributed by atoms with van der Waals surface area (Å²) >= 11 is 0. The zero-order valence-corrected chi connectivity index (χ0v) is 11.5. The van der Waals surface area contributed by atoms with Crippen LogP contribution in [0.4, 0.5) is 0 Å². The van der Waals surface area contributed by atoms with Crippen LogP contribution in [0.2, 0.25) is 0 Å². The molecule has 0 aliphatic heterocycles. The van der Waals surface area contributed by atoms with Gasteiger partial charge in [-0.1, -0.05) is 45.9 Å². The Morgan fingerprint density at radius 3 is 2.59 bits per heavy atom. The molecule has 1 aliphatic rings. The summed E-state index contributed by atoms with van der Waals surface area (Å²) in [6.07, 6.45) is 2.88. The van der Waals surface area contributed by atoms with Crippen molar-refractivity contribution in [2.75, 3.05) is 0 Å². The van der Waals surface area contributed by atoms with Crippen LogP contribution in [0.25, 0.3) is 0 Å². The van der Waals surface area contributed by atoms with Gasteiger partial charge >= 0.3 is 0 Å². The minimum absolute atomic E-state index is 0.204. The summed E-state index contributed by atoms with van der Waals surface area (Å²) in [6.45, 7) is 9.02. The molecule has 1 N–H and O–H groups in total. The van der Waals surface area contributed by atoms with E-state index >= 15 is 0 Å². The molecular weight excluding hydrogens is 208 g/mol. The van der Waals surface area contributed by atoms with Gasteiger partial charge in [-0.15, -0.1) is 0 Å². The number of aliphatic hydroxyl groups is 1. The molecule has 0 aromatic heterocycles. The van der Waals surface area contributed by atoms with Gasteiger partial charge in [0.15, 0.2) is 0 Å². The average Bonchev–Trinajstić information content (AvgIpc) is 2.33. The van der Waals surface area contributed by atoms with E-state index in [4.69, 9.17) is 0 Å². The van der Waals surface area contributed by atoms with Gasteiger partial charge in [-0.2, -0.15) is 0 Å². The fourth-order valence-electron chi connectivity index (χ4n) is 2.66. The molecule has 1 aromatic carbocycles. The van der Waals surface area contributed by atoms with Crippen molar-refractivity contribution >= 4 is 0 Å². The third-order valence-electron chi connectivity index (χ3n) is 4.52. The summed E-state index contributed by atoms with van der Waals surface area (Å²) in [5.41, 5.74) is 4.07. The topological polar surface area (TPSA) is 20.2 Å². The lowest BCUT2D eigenvalue weighted by Gasteiger charge is -2.30. The molecule has 2 atom stereocenters. The van der Waals surface area contributed by atoms with Crippen LogP contribution < -0.4 is 0 Å². The van der Waals surface area contributed by atoms with E-state index in [2.05, 4.69) is 45.9 Å². The molecule has 0 saturated heterocycles. The smallest absolute Gasteiger partial charge is 0.0793 e. The number of hydrogen-bond acceptors (Lipinski definition) is 1. The predicted molar refractivity (Wildman–Crippen MR) is 72.4 cm³/mol. The molecule has 0 radical (unpaired) electrons. The molecule has 1 aromatic rings. The van der Waals surface area contributed by atoms with E-state index in [0.717, 1.165) is 19.3 Å². The van der Waals surface area contributed by atoms with Gasteiger partial charge in [0.25, 0.3) is 0 Å². The third-order valence-corrected chi connectivity index (χ3v) is 4.52. The van der Waals surface area contributed by atoms with Gasteiger partial charge in [-0.3, -0.25) is 0 Å². The van der Waals surface area contributed by atoms with E-state index in [1.165, 1.54) is 16.7 Å². The van der Waals surface area contributed by atoms with Gasteiger partial charge in [0.2, 0.25) is 0 Å². The molecule has 1 unspecified atom stereocenters. The molecule has 0 saturated carbocycles. The Bertz CT molecular complexity index is 406. The Hall–Kier alpha value is -0.820. The summed E-state index contributed by atoms with van der Waals surface area (Å²) < 4.78 is 0. The Morgan fingerprint density at radius 2 is 1.94 bits per heavy atom. The monoisotopic (exact) mass is 232 g/mol. The molecule has 1 aliphatic carbocycles. The van der Waals surface area contributed by atoms with Crippen molar-refractivity contribution in [1.82, 2.24) is 0 Å². The van der Waals surface area contributed by atoms with Crippen LogP contribution in [0, 0.1) is 0 Å². The molecule has 1 nitrogen and oxygen atoms in total. The van der Waals surface area contributed by atoms with Gasteiger partial charge in [-0.25, -0.2) is 0 Å². The molecule has 2 rings (SSSR count). The van der Waals surface area contributed by atoms with Crippen LogP contribution in [0.3, 0.4) is 0 Å². The van der Waals surface area contributed by atoms with Crippen LogP contribution in [-0.4, -0.2) is 5.11 Å². The Labute approximate surface area is 105 Å². The molecular formula is C16H24O. The van der Waals surface area contributed by atoms with Crippen LogP contribution in [0.15, 0.2) is 18.2 Å². The zero-order chi connectivity index (χ0) is 12.6. The Kier molecular flexibility index (Phi) is 3.31. The molecule has 0 heterocycles. The number of hydrogen-bond donors (Lipinski definition) is 1. The van der Waals surface area contributed by atoms with Crippen molar-refractivity contribution < 1.29 is 5.11 Å². The Balaban J connectivity index is 2.46. The first-order valence-electron chi connectivity index (χ1n) is 6.78. The predicted octanol–water partition coefficient (Wildman–Crippen LogP) is 4.30. The fourth-order valence-corrected chi connectivity index (χ4v) is 2.66. The molecule has 0 bridgehead atoms. The first kappa shape index (κ1) is 12.6. The van der Waals surface area contributed by atoms with E-state index in [1.807, 2.05) is 0 Å². The van der Waals surface area contributed by atoms with Crippen molar-refractivity contribution in [3.05, 3.63) is 34.9 Å². The largest absolute Gasteiger partial charge is 0.388 e. The molecule has 0 spiro atoms. The summed E-state index contributed by atoms with van der Waals surface area (Å²) in [5.74, 6) is 0.590.